The highest BCUT2D eigenvalue weighted by Crippen LogP contribution is 2.21. The van der Waals surface area contributed by atoms with Crippen LogP contribution in [0.4, 0.5) is 5.69 Å². The Morgan fingerprint density at radius 2 is 1.83 bits per heavy atom. The summed E-state index contributed by atoms with van der Waals surface area (Å²) < 4.78 is 49.0. The number of hydrogen-bond donors (Lipinski definition) is 1. The molecule has 1 aliphatic heterocycles. The summed E-state index contributed by atoms with van der Waals surface area (Å²) in [6, 6.07) is 6.92. The molecule has 5 nitrogen and oxygen atoms in total. The van der Waals surface area contributed by atoms with Crippen LogP contribution < -0.4 is 4.72 Å². The highest BCUT2D eigenvalue weighted by Gasteiger charge is 2.37. The van der Waals surface area contributed by atoms with Gasteiger partial charge in [0.15, 0.2) is 9.84 Å². The minimum absolute atomic E-state index is 0.0491. The molecule has 0 saturated carbocycles. The summed E-state index contributed by atoms with van der Waals surface area (Å²) in [4.78, 5) is 0. The van der Waals surface area contributed by atoms with Crippen LogP contribution in [0, 0.1) is 6.92 Å². The zero-order chi connectivity index (χ0) is 13.4. The average Bonchev–Trinajstić information content (AvgIpc) is 2.63. The average molecular weight is 289 g/mol. The van der Waals surface area contributed by atoms with Gasteiger partial charge in [-0.1, -0.05) is 17.7 Å². The monoisotopic (exact) mass is 289 g/mol. The smallest absolute Gasteiger partial charge is 0.236 e. The van der Waals surface area contributed by atoms with Crippen molar-refractivity contribution in [3.63, 3.8) is 0 Å². The lowest BCUT2D eigenvalue weighted by Crippen LogP contribution is -2.28. The molecule has 1 N–H and O–H groups in total. The number of hydrogen-bond acceptors (Lipinski definition) is 4. The van der Waals surface area contributed by atoms with E-state index in [1.54, 1.807) is 24.3 Å². The third kappa shape index (κ3) is 3.02. The molecule has 0 aliphatic carbocycles. The molecule has 0 amide bonds. The fraction of sp³-hybridized carbons (Fsp3) is 0.455. The molecule has 1 saturated heterocycles. The van der Waals surface area contributed by atoms with Gasteiger partial charge in [0.25, 0.3) is 0 Å². The maximum atomic E-state index is 12.0. The van der Waals surface area contributed by atoms with Crippen molar-refractivity contribution >= 4 is 25.5 Å². The van der Waals surface area contributed by atoms with Crippen LogP contribution in [0.5, 0.6) is 0 Å². The summed E-state index contributed by atoms with van der Waals surface area (Å²) in [5, 5.41) is -0.844. The van der Waals surface area contributed by atoms with Crippen molar-refractivity contribution in [2.24, 2.45) is 0 Å². The summed E-state index contributed by atoms with van der Waals surface area (Å²) >= 11 is 0. The van der Waals surface area contributed by atoms with Gasteiger partial charge in [0.1, 0.15) is 0 Å². The van der Waals surface area contributed by atoms with Gasteiger partial charge < -0.3 is 0 Å². The Hall–Kier alpha value is -1.08. The highest BCUT2D eigenvalue weighted by atomic mass is 32.2. The number of sulfonamides is 1. The van der Waals surface area contributed by atoms with E-state index in [-0.39, 0.29) is 17.9 Å². The zero-order valence-corrected chi connectivity index (χ0v) is 11.6. The molecule has 0 spiro atoms. The van der Waals surface area contributed by atoms with E-state index in [9.17, 15) is 16.8 Å². The van der Waals surface area contributed by atoms with Crippen LogP contribution in [0.1, 0.15) is 12.0 Å². The van der Waals surface area contributed by atoms with Crippen LogP contribution in [0.15, 0.2) is 24.3 Å². The first-order valence-corrected chi connectivity index (χ1v) is 8.94. The molecule has 1 unspecified atom stereocenters. The first kappa shape index (κ1) is 13.4. The van der Waals surface area contributed by atoms with Gasteiger partial charge in [-0.2, -0.15) is 0 Å². The quantitative estimate of drug-likeness (QED) is 0.897. The third-order valence-corrected chi connectivity index (χ3v) is 6.72. The van der Waals surface area contributed by atoms with Gasteiger partial charge in [0.05, 0.1) is 16.8 Å². The van der Waals surface area contributed by atoms with Crippen molar-refractivity contribution in [1.29, 1.82) is 0 Å². The fourth-order valence-corrected chi connectivity index (χ4v) is 5.97. The van der Waals surface area contributed by atoms with Gasteiger partial charge in [-0.15, -0.1) is 0 Å². The molecular weight excluding hydrogens is 274 g/mol. The maximum Gasteiger partial charge on any atom is 0.236 e. The number of rotatable bonds is 3. The predicted octanol–water partition coefficient (Wildman–Crippen LogP) is 0.924. The Kier molecular flexibility index (Phi) is 3.37. The highest BCUT2D eigenvalue weighted by molar-refractivity contribution is 7.97. The van der Waals surface area contributed by atoms with Crippen LogP contribution in [-0.2, 0) is 19.9 Å². The van der Waals surface area contributed by atoms with E-state index in [4.69, 9.17) is 0 Å². The van der Waals surface area contributed by atoms with Gasteiger partial charge in [-0.05, 0) is 25.5 Å². The molecule has 100 valence electrons. The molecule has 1 fully saturated rings. The Morgan fingerprint density at radius 1 is 1.22 bits per heavy atom. The van der Waals surface area contributed by atoms with Gasteiger partial charge in [-0.25, -0.2) is 16.8 Å². The van der Waals surface area contributed by atoms with Crippen molar-refractivity contribution in [3.05, 3.63) is 29.8 Å². The molecule has 1 aromatic carbocycles. The van der Waals surface area contributed by atoms with E-state index in [1.165, 1.54) is 0 Å². The third-order valence-electron chi connectivity index (χ3n) is 2.94. The minimum Gasteiger partial charge on any atom is -0.283 e. The van der Waals surface area contributed by atoms with Crippen molar-refractivity contribution in [1.82, 2.24) is 0 Å². The summed E-state index contributed by atoms with van der Waals surface area (Å²) in [5.41, 5.74) is 1.49. The molecule has 18 heavy (non-hydrogen) atoms. The fourth-order valence-electron chi connectivity index (χ4n) is 1.87. The molecule has 7 heteroatoms. The van der Waals surface area contributed by atoms with Crippen molar-refractivity contribution in [3.8, 4) is 0 Å². The normalized spacial score (nSPS) is 22.8. The largest absolute Gasteiger partial charge is 0.283 e. The van der Waals surface area contributed by atoms with E-state index in [0.717, 1.165) is 5.56 Å². The van der Waals surface area contributed by atoms with E-state index in [0.29, 0.717) is 5.69 Å². The van der Waals surface area contributed by atoms with Crippen LogP contribution in [0.25, 0.3) is 0 Å². The molecule has 1 aliphatic rings. The lowest BCUT2D eigenvalue weighted by molar-refractivity contribution is 0.587. The van der Waals surface area contributed by atoms with Gasteiger partial charge in [0.2, 0.25) is 10.0 Å². The lowest BCUT2D eigenvalue weighted by atomic mass is 10.2. The van der Waals surface area contributed by atoms with Crippen molar-refractivity contribution in [2.75, 3.05) is 16.2 Å². The summed E-state index contributed by atoms with van der Waals surface area (Å²) in [5.74, 6) is -0.333. The van der Waals surface area contributed by atoms with E-state index < -0.39 is 25.1 Å². The Balaban J connectivity index is 2.15. The van der Waals surface area contributed by atoms with E-state index in [2.05, 4.69) is 4.72 Å². The van der Waals surface area contributed by atoms with Crippen LogP contribution >= 0.6 is 0 Å². The second kappa shape index (κ2) is 4.55. The Labute approximate surface area is 107 Å². The van der Waals surface area contributed by atoms with Crippen LogP contribution in [0.3, 0.4) is 0 Å². The SMILES string of the molecule is Cc1ccc(NS(=O)(=O)C2CCS(=O)(=O)C2)cc1. The molecular formula is C11H15NO4S2. The number of anilines is 1. The topological polar surface area (TPSA) is 80.3 Å². The van der Waals surface area contributed by atoms with Crippen LogP contribution in [0.2, 0.25) is 0 Å². The first-order valence-electron chi connectivity index (χ1n) is 5.57. The van der Waals surface area contributed by atoms with Gasteiger partial charge in [-0.3, -0.25) is 4.72 Å². The summed E-state index contributed by atoms with van der Waals surface area (Å²) in [6.07, 6.45) is 0.170. The second-order valence-electron chi connectivity index (χ2n) is 4.54. The molecule has 1 atom stereocenters. The Bertz CT molecular complexity index is 632. The summed E-state index contributed by atoms with van der Waals surface area (Å²) in [7, 11) is -6.82. The van der Waals surface area contributed by atoms with Crippen LogP contribution in [-0.4, -0.2) is 33.6 Å². The lowest BCUT2D eigenvalue weighted by Gasteiger charge is -2.12. The standard InChI is InChI=1S/C11H15NO4S2/c1-9-2-4-10(5-3-9)12-18(15,16)11-6-7-17(13,14)8-11/h2-5,11-12H,6-8H2,1H3. The van der Waals surface area contributed by atoms with E-state index in [1.807, 2.05) is 6.92 Å². The van der Waals surface area contributed by atoms with E-state index >= 15 is 0 Å². The van der Waals surface area contributed by atoms with Crippen molar-refractivity contribution in [2.45, 2.75) is 18.6 Å². The number of sulfone groups is 1. The summed E-state index contributed by atoms with van der Waals surface area (Å²) in [6.45, 7) is 1.90. The molecule has 2 rings (SSSR count). The number of nitrogens with one attached hydrogen (secondary N) is 1. The molecule has 0 aromatic heterocycles. The molecule has 1 heterocycles. The van der Waals surface area contributed by atoms with Gasteiger partial charge >= 0.3 is 0 Å². The molecule has 0 radical (unpaired) electrons. The maximum absolute atomic E-state index is 12.0. The zero-order valence-electron chi connectivity index (χ0n) is 9.96. The predicted molar refractivity (Wildman–Crippen MR) is 70.8 cm³/mol. The molecule has 0 bridgehead atoms. The van der Waals surface area contributed by atoms with Gasteiger partial charge in [0, 0.05) is 5.69 Å². The van der Waals surface area contributed by atoms with Crippen molar-refractivity contribution < 1.29 is 16.8 Å². The second-order valence-corrected chi connectivity index (χ2v) is 8.73. The first-order chi connectivity index (χ1) is 8.28. The Morgan fingerprint density at radius 3 is 2.33 bits per heavy atom. The molecule has 1 aromatic rings. The minimum atomic E-state index is -3.63. The number of aryl methyl sites for hydroxylation is 1. The number of benzene rings is 1.